The third kappa shape index (κ3) is 3.28. The van der Waals surface area contributed by atoms with E-state index in [-0.39, 0.29) is 17.2 Å². The van der Waals surface area contributed by atoms with Gasteiger partial charge in [-0.1, -0.05) is 49.7 Å². The van der Waals surface area contributed by atoms with Gasteiger partial charge in [-0.15, -0.1) is 0 Å². The van der Waals surface area contributed by atoms with E-state index < -0.39 is 12.0 Å². The average molecular weight is 360 g/mol. The van der Waals surface area contributed by atoms with Crippen molar-refractivity contribution in [2.75, 3.05) is 0 Å². The summed E-state index contributed by atoms with van der Waals surface area (Å²) in [5, 5.41) is 10.2. The number of nitrogens with zero attached hydrogens (tertiary/aromatic N) is 1. The van der Waals surface area contributed by atoms with Crippen molar-refractivity contribution in [1.29, 1.82) is 0 Å². The van der Waals surface area contributed by atoms with Gasteiger partial charge in [0.15, 0.2) is 5.75 Å². The molecule has 25 heavy (non-hydrogen) atoms. The van der Waals surface area contributed by atoms with Crippen LogP contribution in [0.4, 0.5) is 9.18 Å². The van der Waals surface area contributed by atoms with Crippen LogP contribution in [0.1, 0.15) is 25.5 Å². The highest BCUT2D eigenvalue weighted by Gasteiger charge is 2.23. The van der Waals surface area contributed by atoms with Crippen LogP contribution in [0.25, 0.3) is 22.0 Å². The first-order chi connectivity index (χ1) is 11.9. The molecule has 1 N–H and O–H groups in total. The molecule has 0 amide bonds. The Morgan fingerprint density at radius 3 is 2.60 bits per heavy atom. The van der Waals surface area contributed by atoms with Crippen LogP contribution >= 0.6 is 11.6 Å². The van der Waals surface area contributed by atoms with E-state index in [2.05, 4.69) is 4.98 Å². The van der Waals surface area contributed by atoms with Gasteiger partial charge in [0.1, 0.15) is 5.82 Å². The number of ether oxygens (including phenoxy) is 1. The Morgan fingerprint density at radius 1 is 1.24 bits per heavy atom. The fraction of sp³-hybridized carbons (Fsp3) is 0.158. The molecule has 0 unspecified atom stereocenters. The van der Waals surface area contributed by atoms with Crippen molar-refractivity contribution in [2.45, 2.75) is 19.8 Å². The predicted octanol–water partition coefficient (Wildman–Crippen LogP) is 5.87. The number of rotatable bonds is 3. The van der Waals surface area contributed by atoms with Crippen LogP contribution in [0.3, 0.4) is 0 Å². The van der Waals surface area contributed by atoms with E-state index in [0.717, 1.165) is 0 Å². The third-order valence-electron chi connectivity index (χ3n) is 3.81. The van der Waals surface area contributed by atoms with Gasteiger partial charge in [0.05, 0.1) is 11.2 Å². The van der Waals surface area contributed by atoms with Gasteiger partial charge < -0.3 is 9.84 Å². The van der Waals surface area contributed by atoms with Crippen molar-refractivity contribution in [3.63, 3.8) is 0 Å². The molecule has 1 aromatic heterocycles. The quantitative estimate of drug-likeness (QED) is 0.594. The third-order valence-corrected chi connectivity index (χ3v) is 4.04. The smallest absolute Gasteiger partial charge is 0.449 e. The minimum atomic E-state index is -1.48. The van der Waals surface area contributed by atoms with Crippen molar-refractivity contribution >= 4 is 28.7 Å². The van der Waals surface area contributed by atoms with Gasteiger partial charge in [-0.2, -0.15) is 0 Å². The standard InChI is InChI=1S/C19H15ClFNO3/c1-10(2)17-18(25-19(23)24)16(12-5-3-4-6-14(12)21)13-8-7-11(20)9-15(13)22-17/h3-10H,1-2H3,(H,23,24). The molecule has 3 rings (SSSR count). The molecule has 0 saturated heterocycles. The summed E-state index contributed by atoms with van der Waals surface area (Å²) >= 11 is 6.06. The maximum absolute atomic E-state index is 14.5. The molecule has 0 aliphatic carbocycles. The summed E-state index contributed by atoms with van der Waals surface area (Å²) in [5.74, 6) is -0.569. The van der Waals surface area contributed by atoms with Crippen LogP contribution in [0.15, 0.2) is 42.5 Å². The second-order valence-electron chi connectivity index (χ2n) is 5.87. The van der Waals surface area contributed by atoms with Crippen LogP contribution in [-0.2, 0) is 0 Å². The monoisotopic (exact) mass is 359 g/mol. The van der Waals surface area contributed by atoms with Gasteiger partial charge in [0.25, 0.3) is 0 Å². The summed E-state index contributed by atoms with van der Waals surface area (Å²) in [7, 11) is 0. The number of fused-ring (bicyclic) bond motifs is 1. The first kappa shape index (κ1) is 17.2. The number of hydrogen-bond donors (Lipinski definition) is 1. The van der Waals surface area contributed by atoms with Crippen molar-refractivity contribution in [2.24, 2.45) is 0 Å². The Kier molecular flexibility index (Phi) is 4.59. The van der Waals surface area contributed by atoms with Crippen molar-refractivity contribution in [3.8, 4) is 16.9 Å². The molecule has 3 aromatic rings. The molecule has 0 aliphatic rings. The number of carbonyl (C=O) groups is 1. The summed E-state index contributed by atoms with van der Waals surface area (Å²) in [4.78, 5) is 15.7. The summed E-state index contributed by atoms with van der Waals surface area (Å²) in [6, 6.07) is 11.1. The molecule has 0 aliphatic heterocycles. The second-order valence-corrected chi connectivity index (χ2v) is 6.30. The number of aromatic nitrogens is 1. The molecule has 0 bridgehead atoms. The second kappa shape index (κ2) is 6.69. The zero-order chi connectivity index (χ0) is 18.1. The number of carboxylic acid groups (broad SMARTS) is 1. The summed E-state index contributed by atoms with van der Waals surface area (Å²) in [6.45, 7) is 3.72. The Bertz CT molecular complexity index is 972. The molecular weight excluding hydrogens is 345 g/mol. The van der Waals surface area contributed by atoms with Crippen molar-refractivity contribution in [1.82, 2.24) is 4.98 Å². The molecule has 6 heteroatoms. The van der Waals surface area contributed by atoms with E-state index in [1.54, 1.807) is 36.4 Å². The first-order valence-electron chi connectivity index (χ1n) is 7.67. The molecule has 2 aromatic carbocycles. The van der Waals surface area contributed by atoms with E-state index in [1.807, 2.05) is 13.8 Å². The summed E-state index contributed by atoms with van der Waals surface area (Å²) in [6.07, 6.45) is -1.48. The number of hydrogen-bond acceptors (Lipinski definition) is 3. The van der Waals surface area contributed by atoms with E-state index in [9.17, 15) is 9.18 Å². The van der Waals surface area contributed by atoms with Gasteiger partial charge in [-0.25, -0.2) is 14.2 Å². The first-order valence-corrected chi connectivity index (χ1v) is 8.05. The lowest BCUT2D eigenvalue weighted by molar-refractivity contribution is 0.144. The predicted molar refractivity (Wildman–Crippen MR) is 94.9 cm³/mol. The van der Waals surface area contributed by atoms with Gasteiger partial charge in [-0.3, -0.25) is 0 Å². The molecule has 4 nitrogen and oxygen atoms in total. The van der Waals surface area contributed by atoms with E-state index >= 15 is 0 Å². The average Bonchev–Trinajstić information content (AvgIpc) is 2.54. The summed E-state index contributed by atoms with van der Waals surface area (Å²) in [5.41, 5.74) is 1.57. The lowest BCUT2D eigenvalue weighted by Crippen LogP contribution is -2.10. The molecular formula is C19H15ClFNO3. The maximum atomic E-state index is 14.5. The Labute approximate surface area is 148 Å². The Morgan fingerprint density at radius 2 is 1.96 bits per heavy atom. The number of pyridine rings is 1. The van der Waals surface area contributed by atoms with Crippen LogP contribution < -0.4 is 4.74 Å². The molecule has 0 spiro atoms. The fourth-order valence-electron chi connectivity index (χ4n) is 2.75. The largest absolute Gasteiger partial charge is 0.511 e. The highest BCUT2D eigenvalue weighted by atomic mass is 35.5. The van der Waals surface area contributed by atoms with Gasteiger partial charge in [0.2, 0.25) is 0 Å². The SMILES string of the molecule is CC(C)c1nc2cc(Cl)ccc2c(-c2ccccc2F)c1OC(=O)O. The zero-order valence-electron chi connectivity index (χ0n) is 13.6. The lowest BCUT2D eigenvalue weighted by Gasteiger charge is -2.18. The Balaban J connectivity index is 2.48. The van der Waals surface area contributed by atoms with Crippen LogP contribution in [0.2, 0.25) is 5.02 Å². The highest BCUT2D eigenvalue weighted by molar-refractivity contribution is 6.31. The molecule has 0 radical (unpaired) electrons. The van der Waals surface area contributed by atoms with Crippen LogP contribution in [0.5, 0.6) is 5.75 Å². The maximum Gasteiger partial charge on any atom is 0.511 e. The molecule has 0 saturated carbocycles. The minimum absolute atomic E-state index is 0.0439. The van der Waals surface area contributed by atoms with Crippen molar-refractivity contribution < 1.29 is 19.0 Å². The zero-order valence-corrected chi connectivity index (χ0v) is 14.3. The molecule has 0 atom stereocenters. The highest BCUT2D eigenvalue weighted by Crippen LogP contribution is 2.42. The normalized spacial score (nSPS) is 11.1. The number of benzene rings is 2. The number of halogens is 2. The van der Waals surface area contributed by atoms with Gasteiger partial charge >= 0.3 is 6.16 Å². The molecule has 1 heterocycles. The fourth-order valence-corrected chi connectivity index (χ4v) is 2.92. The van der Waals surface area contributed by atoms with Crippen LogP contribution in [0, 0.1) is 5.82 Å². The topological polar surface area (TPSA) is 59.4 Å². The van der Waals surface area contributed by atoms with Gasteiger partial charge in [0, 0.05) is 21.5 Å². The molecule has 128 valence electrons. The van der Waals surface area contributed by atoms with Crippen molar-refractivity contribution in [3.05, 3.63) is 59.0 Å². The van der Waals surface area contributed by atoms with Crippen LogP contribution in [-0.4, -0.2) is 16.2 Å². The summed E-state index contributed by atoms with van der Waals surface area (Å²) < 4.78 is 19.5. The van der Waals surface area contributed by atoms with E-state index in [4.69, 9.17) is 21.4 Å². The molecule has 0 fully saturated rings. The van der Waals surface area contributed by atoms with E-state index in [1.165, 1.54) is 6.07 Å². The van der Waals surface area contributed by atoms with E-state index in [0.29, 0.717) is 27.2 Å². The Hall–Kier alpha value is -2.66. The minimum Gasteiger partial charge on any atom is -0.449 e. The van der Waals surface area contributed by atoms with Gasteiger partial charge in [-0.05, 0) is 24.1 Å². The lowest BCUT2D eigenvalue weighted by atomic mass is 9.95.